The van der Waals surface area contributed by atoms with Crippen molar-refractivity contribution in [2.24, 2.45) is 0 Å². The summed E-state index contributed by atoms with van der Waals surface area (Å²) in [5.74, 6) is -0.916. The first-order valence-corrected chi connectivity index (χ1v) is 11.9. The number of carbonyl (C=O) groups excluding carboxylic acids is 2. The molecule has 0 aliphatic carbocycles. The largest absolute Gasteiger partial charge is 0.493 e. The number of carbonyl (C=O) groups is 3. The van der Waals surface area contributed by atoms with Crippen LogP contribution in [-0.4, -0.2) is 72.1 Å². The number of para-hydroxylation sites is 1. The zero-order valence-corrected chi connectivity index (χ0v) is 20.4. The van der Waals surface area contributed by atoms with Gasteiger partial charge in [0, 0.05) is 18.7 Å². The minimum Gasteiger partial charge on any atom is -0.493 e. The number of morpholine rings is 1. The molecule has 0 spiro atoms. The number of ether oxygens (including phenoxy) is 3. The number of anilines is 1. The molecule has 9 nitrogen and oxygen atoms in total. The molecule has 2 amide bonds. The van der Waals surface area contributed by atoms with Crippen molar-refractivity contribution in [1.82, 2.24) is 4.90 Å². The topological polar surface area (TPSA) is 106 Å². The summed E-state index contributed by atoms with van der Waals surface area (Å²) >= 11 is 6.50. The number of amides is 2. The van der Waals surface area contributed by atoms with Crippen molar-refractivity contribution in [3.63, 3.8) is 0 Å². The molecule has 11 heteroatoms. The summed E-state index contributed by atoms with van der Waals surface area (Å²) in [4.78, 5) is 40.4. The Morgan fingerprint density at radius 2 is 1.94 bits per heavy atom. The second-order valence-corrected chi connectivity index (χ2v) is 9.21. The molecule has 0 radical (unpaired) electrons. The maximum Gasteiger partial charge on any atom is 0.335 e. The number of methoxy groups -OCH3 is 1. The Morgan fingerprint density at radius 1 is 1.20 bits per heavy atom. The van der Waals surface area contributed by atoms with E-state index < -0.39 is 5.97 Å². The highest BCUT2D eigenvalue weighted by molar-refractivity contribution is 8.27. The molecule has 0 aromatic heterocycles. The summed E-state index contributed by atoms with van der Waals surface area (Å²) in [6, 6.07) is 11.2. The lowest BCUT2D eigenvalue weighted by Gasteiger charge is -2.27. The van der Waals surface area contributed by atoms with Gasteiger partial charge >= 0.3 is 5.97 Å². The predicted molar refractivity (Wildman–Crippen MR) is 135 cm³/mol. The quantitative estimate of drug-likeness (QED) is 0.441. The first kappa shape index (κ1) is 24.7. The monoisotopic (exact) mass is 514 g/mol. The van der Waals surface area contributed by atoms with Crippen molar-refractivity contribution in [2.45, 2.75) is 0 Å². The summed E-state index contributed by atoms with van der Waals surface area (Å²) in [5.41, 5.74) is 0.960. The normalized spacial score (nSPS) is 17.1. The molecule has 35 heavy (non-hydrogen) atoms. The molecule has 0 bridgehead atoms. The van der Waals surface area contributed by atoms with E-state index in [4.69, 9.17) is 26.4 Å². The Hall–Kier alpha value is -3.41. The smallest absolute Gasteiger partial charge is 0.335 e. The number of carboxylic acids is 1. The fourth-order valence-corrected chi connectivity index (χ4v) is 4.90. The van der Waals surface area contributed by atoms with E-state index in [1.165, 1.54) is 24.1 Å². The zero-order chi connectivity index (χ0) is 24.9. The van der Waals surface area contributed by atoms with Crippen LogP contribution >= 0.6 is 24.0 Å². The standard InChI is InChI=1S/C24H22N2O7S2/c1-31-18-7-3-4-15(21(18)33-14-20(27)25-8-10-32-11-9-25)13-19-22(28)26(24(34)35-19)17-6-2-5-16(12-17)23(29)30/h2-7,12-13H,8-11,14H2,1H3,(H,29,30)/b19-13+. The van der Waals surface area contributed by atoms with Crippen molar-refractivity contribution in [1.29, 1.82) is 0 Å². The SMILES string of the molecule is COc1cccc(/C=C2/SC(=S)N(c3cccc(C(=O)O)c3)C2=O)c1OCC(=O)N1CCOCC1. The van der Waals surface area contributed by atoms with Crippen LogP contribution in [0.4, 0.5) is 5.69 Å². The number of benzene rings is 2. The molecular formula is C24H22N2O7S2. The summed E-state index contributed by atoms with van der Waals surface area (Å²) in [5, 5.41) is 9.27. The summed E-state index contributed by atoms with van der Waals surface area (Å²) < 4.78 is 16.8. The second-order valence-electron chi connectivity index (χ2n) is 7.53. The molecular weight excluding hydrogens is 492 g/mol. The van der Waals surface area contributed by atoms with Crippen LogP contribution in [0.3, 0.4) is 0 Å². The number of hydrogen-bond donors (Lipinski definition) is 1. The van der Waals surface area contributed by atoms with Gasteiger partial charge in [0.05, 0.1) is 36.5 Å². The van der Waals surface area contributed by atoms with Crippen molar-refractivity contribution in [3.05, 3.63) is 58.5 Å². The van der Waals surface area contributed by atoms with E-state index in [-0.39, 0.29) is 28.3 Å². The third-order valence-electron chi connectivity index (χ3n) is 5.36. The van der Waals surface area contributed by atoms with E-state index in [9.17, 15) is 19.5 Å². The molecule has 182 valence electrons. The average molecular weight is 515 g/mol. The maximum atomic E-state index is 13.2. The number of thioether (sulfide) groups is 1. The van der Waals surface area contributed by atoms with E-state index in [0.717, 1.165) is 11.8 Å². The second kappa shape index (κ2) is 10.9. The fraction of sp³-hybridized carbons (Fsp3) is 0.250. The van der Waals surface area contributed by atoms with E-state index in [1.807, 2.05) is 0 Å². The van der Waals surface area contributed by atoms with Gasteiger partial charge in [0.1, 0.15) is 0 Å². The zero-order valence-electron chi connectivity index (χ0n) is 18.8. The van der Waals surface area contributed by atoms with E-state index in [2.05, 4.69) is 0 Å². The Morgan fingerprint density at radius 3 is 2.66 bits per heavy atom. The highest BCUT2D eigenvalue weighted by Gasteiger charge is 2.34. The van der Waals surface area contributed by atoms with Crippen molar-refractivity contribution in [2.75, 3.05) is 44.9 Å². The van der Waals surface area contributed by atoms with Gasteiger partial charge in [-0.1, -0.05) is 42.2 Å². The average Bonchev–Trinajstić information content (AvgIpc) is 3.15. The first-order valence-electron chi connectivity index (χ1n) is 10.7. The molecule has 2 fully saturated rings. The molecule has 2 aromatic rings. The molecule has 2 aromatic carbocycles. The van der Waals surface area contributed by atoms with Crippen LogP contribution in [0, 0.1) is 0 Å². The molecule has 2 aliphatic heterocycles. The Kier molecular flexibility index (Phi) is 7.69. The summed E-state index contributed by atoms with van der Waals surface area (Å²) in [7, 11) is 1.49. The maximum absolute atomic E-state index is 13.2. The van der Waals surface area contributed by atoms with Gasteiger partial charge in [0.2, 0.25) is 0 Å². The van der Waals surface area contributed by atoms with Gasteiger partial charge in [0.25, 0.3) is 11.8 Å². The number of carboxylic acid groups (broad SMARTS) is 1. The van der Waals surface area contributed by atoms with Crippen LogP contribution in [0.15, 0.2) is 47.4 Å². The van der Waals surface area contributed by atoms with Gasteiger partial charge in [0.15, 0.2) is 22.4 Å². The van der Waals surface area contributed by atoms with Crippen molar-refractivity contribution in [3.8, 4) is 11.5 Å². The lowest BCUT2D eigenvalue weighted by molar-refractivity contribution is -0.137. The Labute approximate surface area is 211 Å². The van der Waals surface area contributed by atoms with Gasteiger partial charge in [-0.25, -0.2) is 4.79 Å². The van der Waals surface area contributed by atoms with Crippen molar-refractivity contribution < 1.29 is 33.7 Å². The lowest BCUT2D eigenvalue weighted by Crippen LogP contribution is -2.43. The van der Waals surface area contributed by atoms with Crippen molar-refractivity contribution >= 4 is 57.8 Å². The number of hydrogen-bond acceptors (Lipinski definition) is 8. The van der Waals surface area contributed by atoms with E-state index >= 15 is 0 Å². The lowest BCUT2D eigenvalue weighted by atomic mass is 10.1. The molecule has 2 saturated heterocycles. The molecule has 4 rings (SSSR count). The molecule has 0 atom stereocenters. The Balaban J connectivity index is 1.58. The summed E-state index contributed by atoms with van der Waals surface area (Å²) in [6.07, 6.45) is 1.62. The van der Waals surface area contributed by atoms with Gasteiger partial charge in [-0.2, -0.15) is 0 Å². The van der Waals surface area contributed by atoms with Gasteiger partial charge in [-0.15, -0.1) is 0 Å². The fourth-order valence-electron chi connectivity index (χ4n) is 3.61. The van der Waals surface area contributed by atoms with E-state index in [0.29, 0.717) is 54.0 Å². The number of nitrogens with zero attached hydrogens (tertiary/aromatic N) is 2. The number of thiocarbonyl (C=S) groups is 1. The van der Waals surface area contributed by atoms with E-state index in [1.54, 1.807) is 41.3 Å². The van der Waals surface area contributed by atoms with Crippen LogP contribution in [-0.2, 0) is 14.3 Å². The third kappa shape index (κ3) is 5.47. The minimum absolute atomic E-state index is 0.0500. The van der Waals surface area contributed by atoms with Gasteiger partial charge in [-0.05, 0) is 30.3 Å². The molecule has 2 heterocycles. The van der Waals surface area contributed by atoms with Gasteiger partial charge < -0.3 is 24.2 Å². The van der Waals surface area contributed by atoms with Crippen LogP contribution in [0.2, 0.25) is 0 Å². The van der Waals surface area contributed by atoms with Crippen LogP contribution in [0.5, 0.6) is 11.5 Å². The highest BCUT2D eigenvalue weighted by atomic mass is 32.2. The molecule has 2 aliphatic rings. The number of aromatic carboxylic acids is 1. The van der Waals surface area contributed by atoms with Crippen LogP contribution in [0.25, 0.3) is 6.08 Å². The first-order chi connectivity index (χ1) is 16.9. The van der Waals surface area contributed by atoms with Gasteiger partial charge in [-0.3, -0.25) is 14.5 Å². The predicted octanol–water partition coefficient (Wildman–Crippen LogP) is 3.04. The van der Waals surface area contributed by atoms with Crippen LogP contribution in [0.1, 0.15) is 15.9 Å². The minimum atomic E-state index is -1.10. The molecule has 0 saturated carbocycles. The highest BCUT2D eigenvalue weighted by Crippen LogP contribution is 2.39. The van der Waals surface area contributed by atoms with Crippen LogP contribution < -0.4 is 14.4 Å². The summed E-state index contributed by atoms with van der Waals surface area (Å²) in [6.45, 7) is 1.80. The molecule has 0 unspecified atom stereocenters. The Bertz CT molecular complexity index is 1210. The number of rotatable bonds is 7. The molecule has 1 N–H and O–H groups in total. The third-order valence-corrected chi connectivity index (χ3v) is 6.67.